The van der Waals surface area contributed by atoms with Crippen LogP contribution in [0.1, 0.15) is 49.3 Å². The summed E-state index contributed by atoms with van der Waals surface area (Å²) in [4.78, 5) is 23.8. The summed E-state index contributed by atoms with van der Waals surface area (Å²) in [5, 5.41) is 3.69. The van der Waals surface area contributed by atoms with Crippen LogP contribution in [0.3, 0.4) is 0 Å². The first-order chi connectivity index (χ1) is 14.5. The van der Waals surface area contributed by atoms with Gasteiger partial charge in [-0.3, -0.25) is 9.78 Å². The summed E-state index contributed by atoms with van der Waals surface area (Å²) in [6.45, 7) is 4.11. The largest absolute Gasteiger partial charge is 0.311 e. The highest BCUT2D eigenvalue weighted by Crippen LogP contribution is 2.29. The van der Waals surface area contributed by atoms with Gasteiger partial charge in [-0.15, -0.1) is 0 Å². The van der Waals surface area contributed by atoms with Crippen molar-refractivity contribution < 1.29 is 9.18 Å². The quantitative estimate of drug-likeness (QED) is 0.667. The second-order valence-electron chi connectivity index (χ2n) is 8.21. The van der Waals surface area contributed by atoms with Crippen LogP contribution in [0, 0.1) is 5.82 Å². The Morgan fingerprint density at radius 1 is 1.20 bits per heavy atom. The average molecular weight is 407 g/mol. The number of nitrogens with one attached hydrogen (secondary N) is 1. The van der Waals surface area contributed by atoms with E-state index in [-0.39, 0.29) is 24.1 Å². The molecule has 1 saturated heterocycles. The fourth-order valence-electron chi connectivity index (χ4n) is 4.23. The number of aromatic nitrogens is 2. The second kappa shape index (κ2) is 8.88. The molecular weight excluding hydrogens is 379 g/mol. The number of para-hydroxylation sites is 1. The third kappa shape index (κ3) is 4.49. The highest BCUT2D eigenvalue weighted by Gasteiger charge is 2.20. The number of piperidine rings is 1. The van der Waals surface area contributed by atoms with Crippen LogP contribution in [-0.4, -0.2) is 40.9 Å². The minimum absolute atomic E-state index is 0.0747. The Labute approximate surface area is 176 Å². The molecule has 0 bridgehead atoms. The number of halogens is 1. The van der Waals surface area contributed by atoms with Crippen LogP contribution in [0.4, 0.5) is 10.2 Å². The summed E-state index contributed by atoms with van der Waals surface area (Å²) < 4.78 is 14.0. The number of carbonyl (C=O) groups is 1. The first-order valence-electron chi connectivity index (χ1n) is 10.5. The molecule has 4 rings (SSSR count). The number of likely N-dealkylation sites (tertiary alicyclic amines) is 1. The molecule has 1 unspecified atom stereocenters. The van der Waals surface area contributed by atoms with Crippen molar-refractivity contribution in [2.45, 2.75) is 38.0 Å². The molecule has 1 fully saturated rings. The topological polar surface area (TPSA) is 58.1 Å². The van der Waals surface area contributed by atoms with E-state index in [0.29, 0.717) is 17.3 Å². The van der Waals surface area contributed by atoms with E-state index in [4.69, 9.17) is 4.98 Å². The Morgan fingerprint density at radius 2 is 1.97 bits per heavy atom. The molecule has 0 radical (unpaired) electrons. The van der Waals surface area contributed by atoms with Gasteiger partial charge in [0.1, 0.15) is 17.2 Å². The summed E-state index contributed by atoms with van der Waals surface area (Å²) in [6.07, 6.45) is 4.06. The Hall–Kier alpha value is -2.86. The zero-order chi connectivity index (χ0) is 21.1. The predicted octanol–water partition coefficient (Wildman–Crippen LogP) is 4.71. The zero-order valence-corrected chi connectivity index (χ0v) is 17.4. The molecule has 1 aliphatic heterocycles. The number of rotatable bonds is 5. The van der Waals surface area contributed by atoms with Gasteiger partial charge in [-0.1, -0.05) is 25.1 Å². The van der Waals surface area contributed by atoms with E-state index in [9.17, 15) is 9.18 Å². The molecule has 1 amide bonds. The maximum atomic E-state index is 14.0. The molecule has 5 nitrogen and oxygen atoms in total. The summed E-state index contributed by atoms with van der Waals surface area (Å²) in [6, 6.07) is 12.6. The number of hydrogen-bond acceptors (Lipinski definition) is 4. The lowest BCUT2D eigenvalue weighted by molar-refractivity contribution is -0.116. The molecule has 30 heavy (non-hydrogen) atoms. The number of hydrogen-bond donors (Lipinski definition) is 1. The number of fused-ring (bicyclic) bond motifs is 1. The van der Waals surface area contributed by atoms with Gasteiger partial charge in [-0.2, -0.15) is 0 Å². The van der Waals surface area contributed by atoms with Crippen molar-refractivity contribution in [3.63, 3.8) is 0 Å². The van der Waals surface area contributed by atoms with Gasteiger partial charge < -0.3 is 10.2 Å². The van der Waals surface area contributed by atoms with E-state index in [1.165, 1.54) is 6.07 Å². The minimum atomic E-state index is -0.346. The van der Waals surface area contributed by atoms with Gasteiger partial charge >= 0.3 is 0 Å². The summed E-state index contributed by atoms with van der Waals surface area (Å²) >= 11 is 0. The van der Waals surface area contributed by atoms with E-state index in [0.717, 1.165) is 42.6 Å². The van der Waals surface area contributed by atoms with E-state index in [1.807, 2.05) is 37.3 Å². The first kappa shape index (κ1) is 20.4. The third-order valence-electron chi connectivity index (χ3n) is 5.95. The molecular formula is C24H27FN4O. The lowest BCUT2D eigenvalue weighted by atomic mass is 9.93. The molecule has 0 saturated carbocycles. The standard InChI is InChI=1S/C24H27FN4O/c1-16(18-9-12-26-24-19(18)5-3-6-20(24)25)15-23(30)28-22-8-4-7-21(27-22)17-10-13-29(2)14-11-17/h3-9,12,16-17H,10-11,13-15H2,1-2H3,(H,27,28,30). The second-order valence-corrected chi connectivity index (χ2v) is 8.21. The number of amides is 1. The fourth-order valence-corrected chi connectivity index (χ4v) is 4.23. The van der Waals surface area contributed by atoms with Gasteiger partial charge in [0, 0.05) is 29.6 Å². The normalized spacial score (nSPS) is 16.5. The van der Waals surface area contributed by atoms with Gasteiger partial charge in [0.15, 0.2) is 0 Å². The van der Waals surface area contributed by atoms with Crippen LogP contribution in [0.25, 0.3) is 10.9 Å². The first-order valence-corrected chi connectivity index (χ1v) is 10.5. The van der Waals surface area contributed by atoms with Crippen molar-refractivity contribution in [2.24, 2.45) is 0 Å². The molecule has 156 valence electrons. The molecule has 2 aromatic heterocycles. The van der Waals surface area contributed by atoms with Crippen LogP contribution in [0.2, 0.25) is 0 Å². The molecule has 1 aliphatic rings. The van der Waals surface area contributed by atoms with Crippen molar-refractivity contribution in [1.82, 2.24) is 14.9 Å². The van der Waals surface area contributed by atoms with Crippen molar-refractivity contribution in [1.29, 1.82) is 0 Å². The molecule has 1 aromatic carbocycles. The van der Waals surface area contributed by atoms with E-state index in [1.54, 1.807) is 12.3 Å². The number of anilines is 1. The molecule has 3 heterocycles. The van der Waals surface area contributed by atoms with Gasteiger partial charge in [0.2, 0.25) is 5.91 Å². The molecule has 6 heteroatoms. The number of benzene rings is 1. The van der Waals surface area contributed by atoms with Gasteiger partial charge in [-0.05, 0) is 68.7 Å². The SMILES string of the molecule is CC(CC(=O)Nc1cccc(C2CCN(C)CC2)n1)c1ccnc2c(F)cccc12. The van der Waals surface area contributed by atoms with Crippen molar-refractivity contribution in [3.8, 4) is 0 Å². The molecule has 3 aromatic rings. The maximum Gasteiger partial charge on any atom is 0.226 e. The Bertz CT molecular complexity index is 1050. The van der Waals surface area contributed by atoms with E-state index in [2.05, 4.69) is 22.2 Å². The van der Waals surface area contributed by atoms with Gasteiger partial charge in [0.05, 0.1) is 0 Å². The summed E-state index contributed by atoms with van der Waals surface area (Å²) in [5.74, 6) is 0.511. The number of carbonyl (C=O) groups excluding carboxylic acids is 1. The number of pyridine rings is 2. The van der Waals surface area contributed by atoms with Crippen LogP contribution < -0.4 is 5.32 Å². The monoisotopic (exact) mass is 406 g/mol. The zero-order valence-electron chi connectivity index (χ0n) is 17.4. The predicted molar refractivity (Wildman–Crippen MR) is 117 cm³/mol. The Kier molecular flexibility index (Phi) is 6.04. The van der Waals surface area contributed by atoms with Crippen LogP contribution in [0.15, 0.2) is 48.7 Å². The Balaban J connectivity index is 1.44. The van der Waals surface area contributed by atoms with Crippen LogP contribution in [0.5, 0.6) is 0 Å². The van der Waals surface area contributed by atoms with Gasteiger partial charge in [-0.25, -0.2) is 9.37 Å². The van der Waals surface area contributed by atoms with Crippen molar-refractivity contribution >= 4 is 22.6 Å². The molecule has 1 atom stereocenters. The fraction of sp³-hybridized carbons (Fsp3) is 0.375. The lowest BCUT2D eigenvalue weighted by Gasteiger charge is -2.28. The average Bonchev–Trinajstić information content (AvgIpc) is 2.74. The van der Waals surface area contributed by atoms with E-state index < -0.39 is 0 Å². The molecule has 0 spiro atoms. The Morgan fingerprint density at radius 3 is 2.77 bits per heavy atom. The maximum absolute atomic E-state index is 14.0. The highest BCUT2D eigenvalue weighted by atomic mass is 19.1. The van der Waals surface area contributed by atoms with Crippen LogP contribution in [-0.2, 0) is 4.79 Å². The lowest BCUT2D eigenvalue weighted by Crippen LogP contribution is -2.29. The number of nitrogens with zero attached hydrogens (tertiary/aromatic N) is 3. The van der Waals surface area contributed by atoms with Gasteiger partial charge in [0.25, 0.3) is 0 Å². The summed E-state index contributed by atoms with van der Waals surface area (Å²) in [7, 11) is 2.14. The summed E-state index contributed by atoms with van der Waals surface area (Å²) in [5.41, 5.74) is 2.31. The van der Waals surface area contributed by atoms with Crippen LogP contribution >= 0.6 is 0 Å². The van der Waals surface area contributed by atoms with Crippen molar-refractivity contribution in [2.75, 3.05) is 25.5 Å². The van der Waals surface area contributed by atoms with Crippen molar-refractivity contribution in [3.05, 3.63) is 65.7 Å². The van der Waals surface area contributed by atoms with E-state index >= 15 is 0 Å². The molecule has 1 N–H and O–H groups in total. The molecule has 0 aliphatic carbocycles. The highest BCUT2D eigenvalue weighted by molar-refractivity contribution is 5.91. The minimum Gasteiger partial charge on any atom is -0.311 e. The third-order valence-corrected chi connectivity index (χ3v) is 5.95. The smallest absolute Gasteiger partial charge is 0.226 e.